The van der Waals surface area contributed by atoms with Gasteiger partial charge in [0, 0.05) is 19.5 Å². The first-order valence-electron chi connectivity index (χ1n) is 6.51. The zero-order valence-electron chi connectivity index (χ0n) is 12.1. The molecule has 1 saturated heterocycles. The lowest BCUT2D eigenvalue weighted by molar-refractivity contribution is -0.196. The zero-order chi connectivity index (χ0) is 16.4. The SMILES string of the molecule is CC(=O)N[C@@H]1CC[C@@H](C(F)(F)F)N(C(=O)C(F)=C(C)C)C1. The summed E-state index contributed by atoms with van der Waals surface area (Å²) >= 11 is 0. The molecule has 0 aromatic heterocycles. The van der Waals surface area contributed by atoms with Gasteiger partial charge >= 0.3 is 6.18 Å². The fraction of sp³-hybridized carbons (Fsp3) is 0.692. The van der Waals surface area contributed by atoms with Gasteiger partial charge in [0.25, 0.3) is 5.91 Å². The van der Waals surface area contributed by atoms with E-state index in [-0.39, 0.29) is 25.0 Å². The van der Waals surface area contributed by atoms with Crippen molar-refractivity contribution < 1.29 is 27.2 Å². The topological polar surface area (TPSA) is 49.4 Å². The highest BCUT2D eigenvalue weighted by Gasteiger charge is 2.48. The highest BCUT2D eigenvalue weighted by atomic mass is 19.4. The van der Waals surface area contributed by atoms with Crippen LogP contribution in [0.5, 0.6) is 0 Å². The summed E-state index contributed by atoms with van der Waals surface area (Å²) in [4.78, 5) is 23.4. The number of nitrogens with zero attached hydrogens (tertiary/aromatic N) is 1. The molecule has 1 aliphatic rings. The van der Waals surface area contributed by atoms with E-state index in [4.69, 9.17) is 0 Å². The maximum absolute atomic E-state index is 13.7. The van der Waals surface area contributed by atoms with Crippen molar-refractivity contribution in [2.45, 2.75) is 51.9 Å². The lowest BCUT2D eigenvalue weighted by atomic mass is 9.97. The summed E-state index contributed by atoms with van der Waals surface area (Å²) in [6.07, 6.45) is -4.90. The van der Waals surface area contributed by atoms with Crippen LogP contribution in [0, 0.1) is 0 Å². The third-order valence-electron chi connectivity index (χ3n) is 3.25. The molecule has 0 aromatic carbocycles. The summed E-state index contributed by atoms with van der Waals surface area (Å²) < 4.78 is 52.6. The van der Waals surface area contributed by atoms with Crippen LogP contribution in [0.4, 0.5) is 17.6 Å². The molecular formula is C13H18F4N2O2. The monoisotopic (exact) mass is 310 g/mol. The Hall–Kier alpha value is -1.60. The van der Waals surface area contributed by atoms with E-state index in [1.807, 2.05) is 0 Å². The van der Waals surface area contributed by atoms with Crippen LogP contribution < -0.4 is 5.32 Å². The van der Waals surface area contributed by atoms with E-state index in [0.717, 1.165) is 0 Å². The Morgan fingerprint density at radius 3 is 2.14 bits per heavy atom. The summed E-state index contributed by atoms with van der Waals surface area (Å²) in [5, 5.41) is 2.47. The second-order valence-electron chi connectivity index (χ2n) is 5.30. The number of hydrogen-bond donors (Lipinski definition) is 1. The average Bonchev–Trinajstić information content (AvgIpc) is 2.34. The molecule has 1 N–H and O–H groups in total. The number of rotatable bonds is 2. The molecule has 8 heteroatoms. The largest absolute Gasteiger partial charge is 0.408 e. The van der Waals surface area contributed by atoms with Crippen LogP contribution in [0.15, 0.2) is 11.4 Å². The average molecular weight is 310 g/mol. The number of carbonyl (C=O) groups is 2. The minimum atomic E-state index is -4.63. The van der Waals surface area contributed by atoms with Gasteiger partial charge in [0.2, 0.25) is 5.91 Å². The van der Waals surface area contributed by atoms with Gasteiger partial charge in [-0.1, -0.05) is 0 Å². The van der Waals surface area contributed by atoms with E-state index >= 15 is 0 Å². The van der Waals surface area contributed by atoms with E-state index in [1.54, 1.807) is 0 Å². The number of allylic oxidation sites excluding steroid dienone is 1. The molecule has 0 spiro atoms. The minimum absolute atomic E-state index is 0.0163. The Kier molecular flexibility index (Phi) is 5.36. The Morgan fingerprint density at radius 1 is 1.14 bits per heavy atom. The van der Waals surface area contributed by atoms with Gasteiger partial charge in [-0.15, -0.1) is 0 Å². The molecule has 0 saturated carbocycles. The van der Waals surface area contributed by atoms with Crippen molar-refractivity contribution >= 4 is 11.8 Å². The lowest BCUT2D eigenvalue weighted by Gasteiger charge is -2.40. The van der Waals surface area contributed by atoms with Gasteiger partial charge in [-0.3, -0.25) is 9.59 Å². The van der Waals surface area contributed by atoms with Crippen molar-refractivity contribution in [2.24, 2.45) is 0 Å². The molecule has 0 bridgehead atoms. The number of amides is 2. The molecular weight excluding hydrogens is 292 g/mol. The number of nitrogens with one attached hydrogen (secondary N) is 1. The van der Waals surface area contributed by atoms with Crippen molar-refractivity contribution in [3.05, 3.63) is 11.4 Å². The quantitative estimate of drug-likeness (QED) is 0.628. The van der Waals surface area contributed by atoms with Gasteiger partial charge < -0.3 is 10.2 Å². The predicted molar refractivity (Wildman–Crippen MR) is 67.9 cm³/mol. The summed E-state index contributed by atoms with van der Waals surface area (Å²) in [7, 11) is 0. The summed E-state index contributed by atoms with van der Waals surface area (Å²) in [6.45, 7) is 3.50. The van der Waals surface area contributed by atoms with Gasteiger partial charge in [0.1, 0.15) is 6.04 Å². The summed E-state index contributed by atoms with van der Waals surface area (Å²) in [5.74, 6) is -2.87. The second-order valence-corrected chi connectivity index (χ2v) is 5.30. The Morgan fingerprint density at radius 2 is 1.71 bits per heavy atom. The van der Waals surface area contributed by atoms with Crippen LogP contribution in [-0.2, 0) is 9.59 Å². The standard InChI is InChI=1S/C13H18F4N2O2/c1-7(2)11(14)12(21)19-6-9(18-8(3)20)4-5-10(19)13(15,16)17/h9-10H,4-6H2,1-3H3,(H,18,20)/t9-,10+/m1/s1. The minimum Gasteiger partial charge on any atom is -0.352 e. The van der Waals surface area contributed by atoms with Gasteiger partial charge in [-0.05, 0) is 32.3 Å². The molecule has 21 heavy (non-hydrogen) atoms. The van der Waals surface area contributed by atoms with Crippen LogP contribution in [-0.4, -0.2) is 41.5 Å². The highest BCUT2D eigenvalue weighted by molar-refractivity contribution is 5.92. The Balaban J connectivity index is 3.02. The molecule has 1 fully saturated rings. The van der Waals surface area contributed by atoms with Crippen molar-refractivity contribution in [3.63, 3.8) is 0 Å². The van der Waals surface area contributed by atoms with E-state index < -0.39 is 35.9 Å². The third kappa shape index (κ3) is 4.44. The molecule has 2 amide bonds. The van der Waals surface area contributed by atoms with Crippen LogP contribution in [0.1, 0.15) is 33.6 Å². The number of carbonyl (C=O) groups excluding carboxylic acids is 2. The van der Waals surface area contributed by atoms with Crippen molar-refractivity contribution in [1.29, 1.82) is 0 Å². The van der Waals surface area contributed by atoms with Gasteiger partial charge in [-0.2, -0.15) is 13.2 Å². The lowest BCUT2D eigenvalue weighted by Crippen LogP contribution is -2.58. The van der Waals surface area contributed by atoms with Gasteiger partial charge in [0.15, 0.2) is 5.83 Å². The fourth-order valence-electron chi connectivity index (χ4n) is 2.28. The van der Waals surface area contributed by atoms with Crippen LogP contribution in [0.25, 0.3) is 0 Å². The summed E-state index contributed by atoms with van der Waals surface area (Å²) in [5.41, 5.74) is 0.0163. The Bertz CT molecular complexity index is 456. The van der Waals surface area contributed by atoms with Crippen molar-refractivity contribution in [2.75, 3.05) is 6.54 Å². The van der Waals surface area contributed by atoms with E-state index in [0.29, 0.717) is 4.90 Å². The first-order chi connectivity index (χ1) is 9.54. The highest BCUT2D eigenvalue weighted by Crippen LogP contribution is 2.33. The second kappa shape index (κ2) is 6.44. The first kappa shape index (κ1) is 17.5. The molecule has 1 aliphatic heterocycles. The van der Waals surface area contributed by atoms with Gasteiger partial charge in [0.05, 0.1) is 0 Å². The van der Waals surface area contributed by atoms with Crippen molar-refractivity contribution in [1.82, 2.24) is 10.2 Å². The third-order valence-corrected chi connectivity index (χ3v) is 3.25. The van der Waals surface area contributed by atoms with E-state index in [2.05, 4.69) is 5.32 Å². The molecule has 0 aliphatic carbocycles. The predicted octanol–water partition coefficient (Wildman–Crippen LogP) is 2.31. The number of alkyl halides is 3. The van der Waals surface area contributed by atoms with Crippen molar-refractivity contribution in [3.8, 4) is 0 Å². The molecule has 120 valence electrons. The van der Waals surface area contributed by atoms with E-state index in [1.165, 1.54) is 20.8 Å². The number of hydrogen-bond acceptors (Lipinski definition) is 2. The number of halogens is 4. The zero-order valence-corrected chi connectivity index (χ0v) is 12.1. The summed E-state index contributed by atoms with van der Waals surface area (Å²) in [6, 6.07) is -2.63. The Labute approximate surface area is 120 Å². The van der Waals surface area contributed by atoms with Crippen LogP contribution in [0.2, 0.25) is 0 Å². The number of piperidine rings is 1. The molecule has 0 radical (unpaired) electrons. The smallest absolute Gasteiger partial charge is 0.352 e. The molecule has 0 aromatic rings. The van der Waals surface area contributed by atoms with Gasteiger partial charge in [-0.25, -0.2) is 4.39 Å². The molecule has 1 heterocycles. The molecule has 2 atom stereocenters. The maximum atomic E-state index is 13.7. The molecule has 1 rings (SSSR count). The first-order valence-corrected chi connectivity index (χ1v) is 6.51. The number of likely N-dealkylation sites (tertiary alicyclic amines) is 1. The molecule has 0 unspecified atom stereocenters. The van der Waals surface area contributed by atoms with E-state index in [9.17, 15) is 27.2 Å². The maximum Gasteiger partial charge on any atom is 0.408 e. The normalized spacial score (nSPS) is 22.7. The van der Waals surface area contributed by atoms with Crippen LogP contribution in [0.3, 0.4) is 0 Å². The fourth-order valence-corrected chi connectivity index (χ4v) is 2.28. The molecule has 4 nitrogen and oxygen atoms in total. The van der Waals surface area contributed by atoms with Crippen LogP contribution >= 0.6 is 0 Å².